The van der Waals surface area contributed by atoms with E-state index < -0.39 is 11.7 Å². The second kappa shape index (κ2) is 6.50. The maximum atomic E-state index is 13.1. The summed E-state index contributed by atoms with van der Waals surface area (Å²) in [4.78, 5) is 15.9. The minimum atomic E-state index is -0.663. The second-order valence-electron chi connectivity index (χ2n) is 4.05. The van der Waals surface area contributed by atoms with Crippen LogP contribution in [0.4, 0.5) is 10.2 Å². The first-order valence-corrected chi connectivity index (χ1v) is 6.05. The molecule has 0 aliphatic carbocycles. The van der Waals surface area contributed by atoms with Gasteiger partial charge in [0.25, 0.3) is 5.91 Å². The number of aromatic hydroxyl groups is 1. The number of amides is 1. The molecular formula is C15H12FN3O2. The van der Waals surface area contributed by atoms with Crippen LogP contribution in [0.3, 0.4) is 0 Å². The number of phenols is 1. The highest BCUT2D eigenvalue weighted by atomic mass is 19.1. The number of nitrogens with zero attached hydrogens (tertiary/aromatic N) is 1. The monoisotopic (exact) mass is 285 g/mol. The van der Waals surface area contributed by atoms with E-state index in [4.69, 9.17) is 5.73 Å². The molecule has 1 heterocycles. The number of hydrogen-bond donors (Lipinski definition) is 3. The zero-order valence-electron chi connectivity index (χ0n) is 10.9. The number of carbonyl (C=O) groups is 1. The van der Waals surface area contributed by atoms with Gasteiger partial charge in [-0.1, -0.05) is 11.8 Å². The molecule has 2 aromatic rings. The van der Waals surface area contributed by atoms with Crippen molar-refractivity contribution in [3.8, 4) is 17.6 Å². The summed E-state index contributed by atoms with van der Waals surface area (Å²) < 4.78 is 13.1. The number of anilines is 1. The predicted molar refractivity (Wildman–Crippen MR) is 76.2 cm³/mol. The molecule has 0 aliphatic heterocycles. The van der Waals surface area contributed by atoms with Crippen LogP contribution in [-0.4, -0.2) is 22.5 Å². The standard InChI is InChI=1S/C15H12FN3O2/c16-11-3-4-13(20)12(9-11)15(21)19-14-8-10(2-1-6-17)5-7-18-14/h3-5,7-9,20H,6,17H2,(H,18,19,21). The average molecular weight is 285 g/mol. The zero-order chi connectivity index (χ0) is 15.2. The molecule has 21 heavy (non-hydrogen) atoms. The molecule has 1 aromatic carbocycles. The lowest BCUT2D eigenvalue weighted by atomic mass is 10.2. The number of nitrogens with two attached hydrogens (primary N) is 1. The van der Waals surface area contributed by atoms with Gasteiger partial charge in [-0.05, 0) is 30.3 Å². The smallest absolute Gasteiger partial charge is 0.260 e. The van der Waals surface area contributed by atoms with E-state index in [-0.39, 0.29) is 23.7 Å². The molecule has 0 saturated heterocycles. The van der Waals surface area contributed by atoms with Crippen LogP contribution in [0.2, 0.25) is 0 Å². The van der Waals surface area contributed by atoms with Crippen molar-refractivity contribution in [2.24, 2.45) is 5.73 Å². The third-order valence-corrected chi connectivity index (χ3v) is 2.54. The summed E-state index contributed by atoms with van der Waals surface area (Å²) in [6, 6.07) is 6.34. The van der Waals surface area contributed by atoms with E-state index in [2.05, 4.69) is 22.1 Å². The summed E-state index contributed by atoms with van der Waals surface area (Å²) >= 11 is 0. The molecule has 5 nitrogen and oxygen atoms in total. The van der Waals surface area contributed by atoms with E-state index in [1.165, 1.54) is 6.20 Å². The van der Waals surface area contributed by atoms with Gasteiger partial charge in [-0.25, -0.2) is 9.37 Å². The molecule has 0 radical (unpaired) electrons. The lowest BCUT2D eigenvalue weighted by Crippen LogP contribution is -2.13. The summed E-state index contributed by atoms with van der Waals surface area (Å²) in [6.45, 7) is 0.223. The number of carbonyl (C=O) groups excluding carboxylic acids is 1. The maximum absolute atomic E-state index is 13.1. The highest BCUT2D eigenvalue weighted by Crippen LogP contribution is 2.19. The molecule has 6 heteroatoms. The van der Waals surface area contributed by atoms with Crippen molar-refractivity contribution >= 4 is 11.7 Å². The van der Waals surface area contributed by atoms with Crippen LogP contribution in [-0.2, 0) is 0 Å². The molecule has 1 amide bonds. The number of benzene rings is 1. The van der Waals surface area contributed by atoms with Gasteiger partial charge in [0.15, 0.2) is 0 Å². The molecule has 2 rings (SSSR count). The SMILES string of the molecule is NCC#Cc1ccnc(NC(=O)c2cc(F)ccc2O)c1. The Morgan fingerprint density at radius 2 is 2.19 bits per heavy atom. The summed E-state index contributed by atoms with van der Waals surface area (Å²) in [5.41, 5.74) is 5.74. The Labute approximate surface area is 120 Å². The number of hydrogen-bond acceptors (Lipinski definition) is 4. The molecule has 0 spiro atoms. The predicted octanol–water partition coefficient (Wildman–Crippen LogP) is 1.49. The average Bonchev–Trinajstić information content (AvgIpc) is 2.48. The molecule has 0 saturated carbocycles. The lowest BCUT2D eigenvalue weighted by molar-refractivity contribution is 0.102. The van der Waals surface area contributed by atoms with Crippen LogP contribution in [0.25, 0.3) is 0 Å². The van der Waals surface area contributed by atoms with Gasteiger partial charge in [0, 0.05) is 11.8 Å². The molecular weight excluding hydrogens is 273 g/mol. The van der Waals surface area contributed by atoms with Gasteiger partial charge < -0.3 is 16.2 Å². The molecule has 1 aromatic heterocycles. The lowest BCUT2D eigenvalue weighted by Gasteiger charge is -2.06. The third-order valence-electron chi connectivity index (χ3n) is 2.54. The number of halogens is 1. The van der Waals surface area contributed by atoms with E-state index in [1.54, 1.807) is 12.1 Å². The molecule has 0 bridgehead atoms. The third kappa shape index (κ3) is 3.78. The molecule has 4 N–H and O–H groups in total. The minimum Gasteiger partial charge on any atom is -0.507 e. The van der Waals surface area contributed by atoms with E-state index in [1.807, 2.05) is 0 Å². The summed E-state index contributed by atoms with van der Waals surface area (Å²) in [7, 11) is 0. The van der Waals surface area contributed by atoms with E-state index in [9.17, 15) is 14.3 Å². The van der Waals surface area contributed by atoms with Crippen molar-refractivity contribution in [2.45, 2.75) is 0 Å². The van der Waals surface area contributed by atoms with Crippen molar-refractivity contribution in [3.63, 3.8) is 0 Å². The van der Waals surface area contributed by atoms with Crippen molar-refractivity contribution in [2.75, 3.05) is 11.9 Å². The minimum absolute atomic E-state index is 0.171. The second-order valence-corrected chi connectivity index (χ2v) is 4.05. The molecule has 0 atom stereocenters. The highest BCUT2D eigenvalue weighted by Gasteiger charge is 2.13. The van der Waals surface area contributed by atoms with Crippen LogP contribution in [0.5, 0.6) is 5.75 Å². The van der Waals surface area contributed by atoms with Gasteiger partial charge in [0.2, 0.25) is 0 Å². The summed E-state index contributed by atoms with van der Waals surface area (Å²) in [5.74, 6) is 4.13. The number of pyridine rings is 1. The first-order valence-electron chi connectivity index (χ1n) is 6.05. The fraction of sp³-hybridized carbons (Fsp3) is 0.0667. The first kappa shape index (κ1) is 14.5. The quantitative estimate of drug-likeness (QED) is 0.729. The Balaban J connectivity index is 2.21. The summed E-state index contributed by atoms with van der Waals surface area (Å²) in [5, 5.41) is 12.0. The Hall–Kier alpha value is -2.91. The zero-order valence-corrected chi connectivity index (χ0v) is 10.9. The normalized spacial score (nSPS) is 9.62. The molecule has 0 unspecified atom stereocenters. The van der Waals surface area contributed by atoms with Crippen molar-refractivity contribution in [1.82, 2.24) is 4.98 Å². The van der Waals surface area contributed by atoms with Gasteiger partial charge in [0.05, 0.1) is 12.1 Å². The van der Waals surface area contributed by atoms with Crippen molar-refractivity contribution in [3.05, 3.63) is 53.5 Å². The topological polar surface area (TPSA) is 88.2 Å². The number of rotatable bonds is 2. The van der Waals surface area contributed by atoms with Crippen LogP contribution in [0, 0.1) is 17.7 Å². The Morgan fingerprint density at radius 3 is 2.95 bits per heavy atom. The van der Waals surface area contributed by atoms with Gasteiger partial charge in [-0.2, -0.15) is 0 Å². The number of nitrogens with one attached hydrogen (secondary N) is 1. The Kier molecular flexibility index (Phi) is 4.49. The Bertz CT molecular complexity index is 735. The van der Waals surface area contributed by atoms with E-state index in [0.29, 0.717) is 5.56 Å². The van der Waals surface area contributed by atoms with Gasteiger partial charge in [-0.15, -0.1) is 0 Å². The van der Waals surface area contributed by atoms with Crippen LogP contribution >= 0.6 is 0 Å². The van der Waals surface area contributed by atoms with Crippen molar-refractivity contribution < 1.29 is 14.3 Å². The fourth-order valence-corrected chi connectivity index (χ4v) is 1.60. The van der Waals surface area contributed by atoms with Crippen molar-refractivity contribution in [1.29, 1.82) is 0 Å². The Morgan fingerprint density at radius 1 is 1.38 bits per heavy atom. The van der Waals surface area contributed by atoms with Crippen LogP contribution in [0.15, 0.2) is 36.5 Å². The van der Waals surface area contributed by atoms with Gasteiger partial charge >= 0.3 is 0 Å². The van der Waals surface area contributed by atoms with Gasteiger partial charge in [-0.3, -0.25) is 4.79 Å². The molecule has 0 aliphatic rings. The van der Waals surface area contributed by atoms with Crippen LogP contribution in [0.1, 0.15) is 15.9 Å². The van der Waals surface area contributed by atoms with Gasteiger partial charge in [0.1, 0.15) is 17.4 Å². The first-order chi connectivity index (χ1) is 10.1. The number of aromatic nitrogens is 1. The largest absolute Gasteiger partial charge is 0.507 e. The highest BCUT2D eigenvalue weighted by molar-refractivity contribution is 6.05. The van der Waals surface area contributed by atoms with Crippen LogP contribution < -0.4 is 11.1 Å². The summed E-state index contributed by atoms with van der Waals surface area (Å²) in [6.07, 6.45) is 1.47. The maximum Gasteiger partial charge on any atom is 0.260 e. The molecule has 0 fully saturated rings. The van der Waals surface area contributed by atoms with E-state index >= 15 is 0 Å². The fourth-order valence-electron chi connectivity index (χ4n) is 1.60. The molecule has 106 valence electrons. The number of phenolic OH excluding ortho intramolecular Hbond substituents is 1. The van der Waals surface area contributed by atoms with E-state index in [0.717, 1.165) is 18.2 Å².